The second-order valence-corrected chi connectivity index (χ2v) is 5.42. The third-order valence-corrected chi connectivity index (χ3v) is 3.90. The van der Waals surface area contributed by atoms with Gasteiger partial charge in [-0.3, -0.25) is 4.79 Å². The minimum absolute atomic E-state index is 0.0625. The molecule has 0 heterocycles. The number of anilines is 1. The molecule has 0 aliphatic heterocycles. The zero-order chi connectivity index (χ0) is 14.0. The van der Waals surface area contributed by atoms with E-state index < -0.39 is 0 Å². The zero-order valence-corrected chi connectivity index (χ0v) is 12.6. The van der Waals surface area contributed by atoms with Crippen molar-refractivity contribution in [2.45, 2.75) is 0 Å². The molecule has 19 heavy (non-hydrogen) atoms. The molecular weight excluding hydrogens is 353 g/mol. The molecule has 0 aliphatic rings. The van der Waals surface area contributed by atoms with Crippen molar-refractivity contribution in [3.8, 4) is 5.75 Å². The van der Waals surface area contributed by atoms with E-state index in [0.717, 1.165) is 0 Å². The van der Waals surface area contributed by atoms with Crippen molar-refractivity contribution in [3.63, 3.8) is 0 Å². The fourth-order valence-corrected chi connectivity index (χ4v) is 2.10. The minimum atomic E-state index is -0.323. The molecule has 0 unspecified atom stereocenters. The van der Waals surface area contributed by atoms with Crippen LogP contribution in [-0.2, 0) is 0 Å². The van der Waals surface area contributed by atoms with E-state index in [0.29, 0.717) is 20.7 Å². The van der Waals surface area contributed by atoms with Gasteiger partial charge in [0.15, 0.2) is 0 Å². The number of amides is 1. The fraction of sp³-hybridized carbons (Fsp3) is 0. The monoisotopic (exact) mass is 359 g/mol. The summed E-state index contributed by atoms with van der Waals surface area (Å²) < 4.78 is 0.690. The van der Waals surface area contributed by atoms with Crippen LogP contribution in [0.1, 0.15) is 10.4 Å². The molecule has 0 spiro atoms. The molecule has 1 amide bonds. The number of halogens is 3. The van der Waals surface area contributed by atoms with Crippen molar-refractivity contribution < 1.29 is 9.90 Å². The van der Waals surface area contributed by atoms with Gasteiger partial charge in [0.1, 0.15) is 5.75 Å². The number of aromatic hydroxyl groups is 1. The highest BCUT2D eigenvalue weighted by Crippen LogP contribution is 2.27. The number of hydrogen-bond acceptors (Lipinski definition) is 2. The van der Waals surface area contributed by atoms with Crippen LogP contribution in [0.15, 0.2) is 40.9 Å². The maximum Gasteiger partial charge on any atom is 0.255 e. The summed E-state index contributed by atoms with van der Waals surface area (Å²) in [5.74, 6) is -0.386. The van der Waals surface area contributed by atoms with Gasteiger partial charge in [0, 0.05) is 15.7 Å². The minimum Gasteiger partial charge on any atom is -0.506 e. The number of carbonyl (C=O) groups is 1. The average Bonchev–Trinajstić information content (AvgIpc) is 2.37. The van der Waals surface area contributed by atoms with E-state index in [9.17, 15) is 9.90 Å². The first kappa shape index (κ1) is 14.2. The Morgan fingerprint density at radius 2 is 1.84 bits per heavy atom. The Labute approximate surface area is 128 Å². The van der Waals surface area contributed by atoms with Crippen molar-refractivity contribution in [1.29, 1.82) is 0 Å². The van der Waals surface area contributed by atoms with Crippen molar-refractivity contribution in [3.05, 3.63) is 56.5 Å². The molecule has 0 atom stereocenters. The van der Waals surface area contributed by atoms with Crippen molar-refractivity contribution in [2.24, 2.45) is 0 Å². The normalized spacial score (nSPS) is 10.3. The summed E-state index contributed by atoms with van der Waals surface area (Å²) in [6, 6.07) is 9.31. The first-order chi connectivity index (χ1) is 8.97. The van der Waals surface area contributed by atoms with Crippen LogP contribution in [0.25, 0.3) is 0 Å². The Kier molecular flexibility index (Phi) is 4.34. The lowest BCUT2D eigenvalue weighted by Gasteiger charge is -2.07. The van der Waals surface area contributed by atoms with Crippen LogP contribution >= 0.6 is 39.1 Å². The molecule has 6 heteroatoms. The predicted octanol–water partition coefficient (Wildman–Crippen LogP) is 4.71. The molecule has 0 fully saturated rings. The Balaban J connectivity index is 2.20. The lowest BCUT2D eigenvalue weighted by Crippen LogP contribution is -2.11. The number of hydrogen-bond donors (Lipinski definition) is 2. The summed E-state index contributed by atoms with van der Waals surface area (Å²) in [7, 11) is 0. The van der Waals surface area contributed by atoms with Gasteiger partial charge in [-0.05, 0) is 52.3 Å². The number of phenolic OH excluding ortho intramolecular Hbond substituents is 1. The number of carbonyl (C=O) groups excluding carboxylic acids is 1. The average molecular weight is 361 g/mol. The first-order valence-corrected chi connectivity index (χ1v) is 6.77. The van der Waals surface area contributed by atoms with Gasteiger partial charge >= 0.3 is 0 Å². The van der Waals surface area contributed by atoms with E-state index in [1.165, 1.54) is 18.2 Å². The summed E-state index contributed by atoms with van der Waals surface area (Å²) in [5.41, 5.74) is 0.958. The van der Waals surface area contributed by atoms with E-state index >= 15 is 0 Å². The summed E-state index contributed by atoms with van der Waals surface area (Å²) in [6.45, 7) is 0. The highest BCUT2D eigenvalue weighted by molar-refractivity contribution is 9.10. The van der Waals surface area contributed by atoms with E-state index in [-0.39, 0.29) is 16.7 Å². The maximum atomic E-state index is 12.0. The third kappa shape index (κ3) is 3.41. The van der Waals surface area contributed by atoms with E-state index in [2.05, 4.69) is 21.2 Å². The molecule has 0 saturated carbocycles. The van der Waals surface area contributed by atoms with Crippen LogP contribution in [0.5, 0.6) is 5.75 Å². The fourth-order valence-electron chi connectivity index (χ4n) is 1.43. The molecule has 2 rings (SSSR count). The zero-order valence-electron chi connectivity index (χ0n) is 9.45. The summed E-state index contributed by atoms with van der Waals surface area (Å²) in [6.07, 6.45) is 0. The molecule has 0 saturated heterocycles. The van der Waals surface area contributed by atoms with Gasteiger partial charge in [0.05, 0.1) is 10.0 Å². The molecule has 0 bridgehead atoms. The molecule has 2 aromatic carbocycles. The van der Waals surface area contributed by atoms with Gasteiger partial charge in [-0.2, -0.15) is 0 Å². The van der Waals surface area contributed by atoms with Gasteiger partial charge in [-0.25, -0.2) is 0 Å². The molecule has 2 aromatic rings. The van der Waals surface area contributed by atoms with Crippen molar-refractivity contribution in [1.82, 2.24) is 0 Å². The van der Waals surface area contributed by atoms with Crippen LogP contribution < -0.4 is 5.32 Å². The number of rotatable bonds is 2. The summed E-state index contributed by atoms with van der Waals surface area (Å²) >= 11 is 14.9. The molecule has 0 aliphatic carbocycles. The summed E-state index contributed by atoms with van der Waals surface area (Å²) in [4.78, 5) is 12.0. The molecular formula is C13H8BrCl2NO2. The van der Waals surface area contributed by atoms with Crippen LogP contribution in [0, 0.1) is 0 Å². The Bertz CT molecular complexity index is 647. The SMILES string of the molecule is O=C(Nc1ccc(Cl)c(Br)c1)c1ccc(O)c(Cl)c1. The Morgan fingerprint density at radius 1 is 1.11 bits per heavy atom. The van der Waals surface area contributed by atoms with Gasteiger partial charge < -0.3 is 10.4 Å². The molecule has 3 nitrogen and oxygen atoms in total. The largest absolute Gasteiger partial charge is 0.506 e. The summed E-state index contributed by atoms with van der Waals surface area (Å²) in [5, 5.41) is 12.7. The van der Waals surface area contributed by atoms with Crippen LogP contribution in [0.4, 0.5) is 5.69 Å². The quantitative estimate of drug-likeness (QED) is 0.814. The molecule has 98 valence electrons. The molecule has 0 radical (unpaired) electrons. The van der Waals surface area contributed by atoms with Crippen LogP contribution in [0.2, 0.25) is 10.0 Å². The Morgan fingerprint density at radius 3 is 2.47 bits per heavy atom. The second-order valence-electron chi connectivity index (χ2n) is 3.75. The lowest BCUT2D eigenvalue weighted by molar-refractivity contribution is 0.102. The van der Waals surface area contributed by atoms with Crippen molar-refractivity contribution >= 4 is 50.7 Å². The number of nitrogens with one attached hydrogen (secondary N) is 1. The maximum absolute atomic E-state index is 12.0. The van der Waals surface area contributed by atoms with Crippen LogP contribution in [0.3, 0.4) is 0 Å². The number of phenols is 1. The van der Waals surface area contributed by atoms with Gasteiger partial charge in [0.2, 0.25) is 0 Å². The van der Waals surface area contributed by atoms with Gasteiger partial charge in [-0.1, -0.05) is 23.2 Å². The highest BCUT2D eigenvalue weighted by atomic mass is 79.9. The van der Waals surface area contributed by atoms with E-state index in [1.807, 2.05) is 0 Å². The smallest absolute Gasteiger partial charge is 0.255 e. The lowest BCUT2D eigenvalue weighted by atomic mass is 10.2. The van der Waals surface area contributed by atoms with E-state index in [1.54, 1.807) is 18.2 Å². The first-order valence-electron chi connectivity index (χ1n) is 5.22. The van der Waals surface area contributed by atoms with Crippen LogP contribution in [-0.4, -0.2) is 11.0 Å². The van der Waals surface area contributed by atoms with E-state index in [4.69, 9.17) is 23.2 Å². The molecule has 2 N–H and O–H groups in total. The predicted molar refractivity (Wildman–Crippen MR) is 80.2 cm³/mol. The molecule has 0 aromatic heterocycles. The standard InChI is InChI=1S/C13H8BrCl2NO2/c14-9-6-8(2-3-10(9)15)17-13(19)7-1-4-12(18)11(16)5-7/h1-6,18H,(H,17,19). The topological polar surface area (TPSA) is 49.3 Å². The van der Waals surface area contributed by atoms with Crippen molar-refractivity contribution in [2.75, 3.05) is 5.32 Å². The third-order valence-electron chi connectivity index (χ3n) is 2.39. The van der Waals surface area contributed by atoms with Gasteiger partial charge in [0.25, 0.3) is 5.91 Å². The Hall–Kier alpha value is -1.23. The highest BCUT2D eigenvalue weighted by Gasteiger charge is 2.09. The van der Waals surface area contributed by atoms with Gasteiger partial charge in [-0.15, -0.1) is 0 Å². The second kappa shape index (κ2) is 5.82. The number of benzene rings is 2.